The third kappa shape index (κ3) is 6.39. The van der Waals surface area contributed by atoms with E-state index in [-0.39, 0.29) is 30.3 Å². The number of para-hydroxylation sites is 1. The third-order valence-corrected chi connectivity index (χ3v) is 3.46. The van der Waals surface area contributed by atoms with Crippen molar-refractivity contribution in [2.75, 3.05) is 18.5 Å². The van der Waals surface area contributed by atoms with E-state index in [4.69, 9.17) is 14.2 Å². The van der Waals surface area contributed by atoms with Gasteiger partial charge >= 0.3 is 11.9 Å². The van der Waals surface area contributed by atoms with Crippen molar-refractivity contribution in [3.8, 4) is 17.2 Å². The standard InChI is InChI=1S/C21H21NO7/c1-3-27-19(24)13-16(21(26)28-4-2)22-14-10-11-17(23)20(25)18(12-14)29-15-8-6-5-7-9-15/h5-13,22H,3-4H2,1-2H3,(H,23,25)/b16-13-. The van der Waals surface area contributed by atoms with Crippen molar-refractivity contribution in [3.63, 3.8) is 0 Å². The Morgan fingerprint density at radius 1 is 1.03 bits per heavy atom. The minimum Gasteiger partial charge on any atom is -0.502 e. The summed E-state index contributed by atoms with van der Waals surface area (Å²) in [6.45, 7) is 3.48. The number of hydrogen-bond acceptors (Lipinski definition) is 8. The lowest BCUT2D eigenvalue weighted by atomic mass is 10.3. The number of nitrogens with one attached hydrogen (secondary N) is 1. The van der Waals surface area contributed by atoms with Crippen molar-refractivity contribution in [2.45, 2.75) is 13.8 Å². The highest BCUT2D eigenvalue weighted by Gasteiger charge is 2.15. The lowest BCUT2D eigenvalue weighted by Gasteiger charge is -2.10. The average molecular weight is 399 g/mol. The summed E-state index contributed by atoms with van der Waals surface area (Å²) in [5.74, 6) is -1.87. The van der Waals surface area contributed by atoms with Crippen molar-refractivity contribution in [2.24, 2.45) is 0 Å². The van der Waals surface area contributed by atoms with Crippen LogP contribution in [-0.2, 0) is 19.1 Å². The SMILES string of the molecule is CCOC(=O)/C=C(\Nc1ccc(=O)c(O)c(Oc2ccccc2)c1)C(=O)OCC. The van der Waals surface area contributed by atoms with Gasteiger partial charge in [0.05, 0.1) is 19.3 Å². The van der Waals surface area contributed by atoms with Gasteiger partial charge in [-0.05, 0) is 38.1 Å². The smallest absolute Gasteiger partial charge is 0.355 e. The van der Waals surface area contributed by atoms with Crippen molar-refractivity contribution < 1.29 is 28.9 Å². The van der Waals surface area contributed by atoms with Gasteiger partial charge in [0.15, 0.2) is 5.75 Å². The highest BCUT2D eigenvalue weighted by atomic mass is 16.5. The van der Waals surface area contributed by atoms with E-state index >= 15 is 0 Å². The maximum Gasteiger partial charge on any atom is 0.355 e. The molecule has 0 heterocycles. The summed E-state index contributed by atoms with van der Waals surface area (Å²) in [6.07, 6.45) is 0.949. The Balaban J connectivity index is 2.42. The zero-order valence-electron chi connectivity index (χ0n) is 16.0. The van der Waals surface area contributed by atoms with Gasteiger partial charge in [0, 0.05) is 11.8 Å². The second-order valence-corrected chi connectivity index (χ2v) is 5.58. The summed E-state index contributed by atoms with van der Waals surface area (Å²) in [7, 11) is 0. The Labute approximate surface area is 167 Å². The molecular weight excluding hydrogens is 378 g/mol. The van der Waals surface area contributed by atoms with Crippen LogP contribution in [0.3, 0.4) is 0 Å². The zero-order chi connectivity index (χ0) is 21.2. The first-order valence-corrected chi connectivity index (χ1v) is 8.87. The topological polar surface area (TPSA) is 111 Å². The molecule has 0 aliphatic heterocycles. The molecule has 0 bridgehead atoms. The molecule has 2 aromatic rings. The quantitative estimate of drug-likeness (QED) is 0.515. The van der Waals surface area contributed by atoms with E-state index in [0.29, 0.717) is 5.75 Å². The summed E-state index contributed by atoms with van der Waals surface area (Å²) >= 11 is 0. The molecule has 0 saturated carbocycles. The molecule has 0 unspecified atom stereocenters. The molecule has 8 nitrogen and oxygen atoms in total. The van der Waals surface area contributed by atoms with Gasteiger partial charge in [0.1, 0.15) is 11.4 Å². The second-order valence-electron chi connectivity index (χ2n) is 5.58. The van der Waals surface area contributed by atoms with Crippen molar-refractivity contribution in [3.05, 3.63) is 70.5 Å². The van der Waals surface area contributed by atoms with Gasteiger partial charge in [-0.1, -0.05) is 18.2 Å². The van der Waals surface area contributed by atoms with Crippen LogP contribution in [0.5, 0.6) is 17.2 Å². The van der Waals surface area contributed by atoms with Gasteiger partial charge in [-0.2, -0.15) is 0 Å². The molecule has 29 heavy (non-hydrogen) atoms. The highest BCUT2D eigenvalue weighted by molar-refractivity contribution is 5.98. The molecule has 2 N–H and O–H groups in total. The van der Waals surface area contributed by atoms with Crippen LogP contribution < -0.4 is 15.5 Å². The minimum atomic E-state index is -0.788. The number of aromatic hydroxyl groups is 1. The first kappa shape index (κ1) is 21.5. The number of carbonyl (C=O) groups is 2. The molecule has 0 atom stereocenters. The maximum atomic E-state index is 12.2. The first-order valence-electron chi connectivity index (χ1n) is 8.87. The average Bonchev–Trinajstić information content (AvgIpc) is 2.82. The lowest BCUT2D eigenvalue weighted by molar-refractivity contribution is -0.140. The Hall–Kier alpha value is -3.81. The van der Waals surface area contributed by atoms with E-state index in [1.807, 2.05) is 0 Å². The molecule has 2 aromatic carbocycles. The molecule has 0 aliphatic carbocycles. The fourth-order valence-electron chi connectivity index (χ4n) is 2.21. The van der Waals surface area contributed by atoms with Gasteiger partial charge in [-0.15, -0.1) is 0 Å². The van der Waals surface area contributed by atoms with Crippen LogP contribution in [0.15, 0.2) is 65.1 Å². The predicted octanol–water partition coefficient (Wildman–Crippen LogP) is 2.97. The van der Waals surface area contributed by atoms with E-state index in [9.17, 15) is 19.5 Å². The van der Waals surface area contributed by atoms with Gasteiger partial charge in [0.2, 0.25) is 11.2 Å². The molecule has 0 amide bonds. The Bertz CT molecular complexity index is 955. The highest BCUT2D eigenvalue weighted by Crippen LogP contribution is 2.29. The van der Waals surface area contributed by atoms with Gasteiger partial charge in [-0.25, -0.2) is 9.59 Å². The normalized spacial score (nSPS) is 10.8. The molecular formula is C21H21NO7. The number of benzene rings is 1. The van der Waals surface area contributed by atoms with Gasteiger partial charge in [0.25, 0.3) is 0 Å². The third-order valence-electron chi connectivity index (χ3n) is 3.46. The Morgan fingerprint density at radius 3 is 2.38 bits per heavy atom. The van der Waals surface area contributed by atoms with Crippen LogP contribution in [0.1, 0.15) is 13.8 Å². The largest absolute Gasteiger partial charge is 0.502 e. The molecule has 152 valence electrons. The monoisotopic (exact) mass is 399 g/mol. The fourth-order valence-corrected chi connectivity index (χ4v) is 2.21. The van der Waals surface area contributed by atoms with Crippen LogP contribution >= 0.6 is 0 Å². The molecule has 0 radical (unpaired) electrons. The first-order chi connectivity index (χ1) is 13.9. The molecule has 0 aromatic heterocycles. The number of carbonyl (C=O) groups excluding carboxylic acids is 2. The van der Waals surface area contributed by atoms with Crippen LogP contribution in [0.25, 0.3) is 0 Å². The number of ether oxygens (including phenoxy) is 3. The second kappa shape index (κ2) is 10.5. The van der Waals surface area contributed by atoms with E-state index < -0.39 is 23.1 Å². The number of rotatable bonds is 8. The van der Waals surface area contributed by atoms with E-state index in [2.05, 4.69) is 5.32 Å². The molecule has 0 saturated heterocycles. The molecule has 0 aliphatic rings. The predicted molar refractivity (Wildman–Crippen MR) is 106 cm³/mol. The van der Waals surface area contributed by atoms with E-state index in [1.54, 1.807) is 44.2 Å². The van der Waals surface area contributed by atoms with Crippen molar-refractivity contribution in [1.29, 1.82) is 0 Å². The fraction of sp³-hybridized carbons (Fsp3) is 0.190. The summed E-state index contributed by atoms with van der Waals surface area (Å²) in [4.78, 5) is 36.0. The Kier molecular flexibility index (Phi) is 7.78. The summed E-state index contributed by atoms with van der Waals surface area (Å²) in [6, 6.07) is 12.3. The van der Waals surface area contributed by atoms with Crippen LogP contribution in [-0.4, -0.2) is 30.3 Å². The maximum absolute atomic E-state index is 12.2. The molecule has 0 spiro atoms. The zero-order valence-corrected chi connectivity index (χ0v) is 16.0. The molecule has 2 rings (SSSR count). The van der Waals surface area contributed by atoms with Crippen LogP contribution in [0, 0.1) is 0 Å². The number of esters is 2. The van der Waals surface area contributed by atoms with Gasteiger partial charge < -0.3 is 24.6 Å². The summed E-state index contributed by atoms with van der Waals surface area (Å²) < 4.78 is 15.3. The molecule has 0 fully saturated rings. The van der Waals surface area contributed by atoms with Crippen molar-refractivity contribution in [1.82, 2.24) is 0 Å². The Morgan fingerprint density at radius 2 is 1.72 bits per heavy atom. The number of anilines is 1. The number of hydrogen-bond donors (Lipinski definition) is 2. The van der Waals surface area contributed by atoms with Crippen molar-refractivity contribution >= 4 is 17.6 Å². The van der Waals surface area contributed by atoms with Crippen LogP contribution in [0.2, 0.25) is 0 Å². The summed E-state index contributed by atoms with van der Waals surface area (Å²) in [5.41, 5.74) is -0.679. The molecule has 8 heteroatoms. The minimum absolute atomic E-state index is 0.0944. The summed E-state index contributed by atoms with van der Waals surface area (Å²) in [5, 5.41) is 12.8. The van der Waals surface area contributed by atoms with E-state index in [0.717, 1.165) is 12.1 Å². The lowest BCUT2D eigenvalue weighted by Crippen LogP contribution is -2.17. The van der Waals surface area contributed by atoms with Gasteiger partial charge in [-0.3, -0.25) is 4.79 Å². The van der Waals surface area contributed by atoms with E-state index in [1.165, 1.54) is 12.1 Å². The van der Waals surface area contributed by atoms with Crippen LogP contribution in [0.4, 0.5) is 5.69 Å².